The highest BCUT2D eigenvalue weighted by atomic mass is 127. The molecule has 3 rings (SSSR count). The molecule has 0 amide bonds. The Labute approximate surface area is 190 Å². The van der Waals surface area contributed by atoms with Crippen molar-refractivity contribution in [3.05, 3.63) is 65.6 Å². The fraction of sp³-hybridized carbons (Fsp3) is 0.409. The van der Waals surface area contributed by atoms with Crippen LogP contribution in [-0.2, 0) is 18.4 Å². The first kappa shape index (κ1) is 23.1. The van der Waals surface area contributed by atoms with Crippen LogP contribution >= 0.6 is 24.0 Å². The first-order valence-corrected chi connectivity index (χ1v) is 9.87. The maximum absolute atomic E-state index is 4.65. The molecule has 0 radical (unpaired) electrons. The molecule has 0 aliphatic carbocycles. The Morgan fingerprint density at radius 1 is 1.03 bits per heavy atom. The van der Waals surface area contributed by atoms with Crippen molar-refractivity contribution in [2.24, 2.45) is 4.99 Å². The van der Waals surface area contributed by atoms with Crippen molar-refractivity contribution in [1.82, 2.24) is 25.2 Å². The van der Waals surface area contributed by atoms with E-state index in [1.807, 2.05) is 28.8 Å². The fourth-order valence-corrected chi connectivity index (χ4v) is 2.99. The number of nitrogens with one attached hydrogen (secondary N) is 2. The Bertz CT molecular complexity index is 924. The lowest BCUT2D eigenvalue weighted by Crippen LogP contribution is -2.38. The number of rotatable bonds is 6. The standard InChI is InChI=1S/C22H30N6.HI/c1-5-23-21(25-16-20-27-26-19-8-6-7-15-28(19)20)24-14-13-17-9-11-18(12-10-17)22(2,3)4;/h6-12,15H,5,13-14,16H2,1-4H3,(H2,23,24,25);1H. The summed E-state index contributed by atoms with van der Waals surface area (Å²) in [7, 11) is 0. The molecule has 0 spiro atoms. The van der Waals surface area contributed by atoms with Crippen LogP contribution in [0, 0.1) is 0 Å². The second kappa shape index (κ2) is 10.6. The third-order valence-electron chi connectivity index (χ3n) is 4.63. The van der Waals surface area contributed by atoms with Crippen molar-refractivity contribution in [3.63, 3.8) is 0 Å². The van der Waals surface area contributed by atoms with E-state index in [1.165, 1.54) is 11.1 Å². The minimum Gasteiger partial charge on any atom is -0.357 e. The highest BCUT2D eigenvalue weighted by Gasteiger charge is 2.12. The Morgan fingerprint density at radius 3 is 2.48 bits per heavy atom. The fourth-order valence-electron chi connectivity index (χ4n) is 2.99. The quantitative estimate of drug-likeness (QED) is 0.302. The molecule has 2 N–H and O–H groups in total. The lowest BCUT2D eigenvalue weighted by molar-refractivity contribution is 0.590. The van der Waals surface area contributed by atoms with E-state index in [0.29, 0.717) is 6.54 Å². The molecule has 6 nitrogen and oxygen atoms in total. The summed E-state index contributed by atoms with van der Waals surface area (Å²) in [4.78, 5) is 4.65. The number of nitrogens with zero attached hydrogens (tertiary/aromatic N) is 4. The zero-order valence-electron chi connectivity index (χ0n) is 17.6. The minimum atomic E-state index is 0. The van der Waals surface area contributed by atoms with E-state index in [2.05, 4.69) is 77.8 Å². The molecule has 0 aliphatic heterocycles. The van der Waals surface area contributed by atoms with Gasteiger partial charge in [-0.25, -0.2) is 4.99 Å². The number of aromatic nitrogens is 3. The highest BCUT2D eigenvalue weighted by molar-refractivity contribution is 14.0. The van der Waals surface area contributed by atoms with Gasteiger partial charge in [0, 0.05) is 19.3 Å². The molecule has 0 fully saturated rings. The summed E-state index contributed by atoms with van der Waals surface area (Å²) in [5.41, 5.74) is 3.71. The molecule has 0 bridgehead atoms. The van der Waals surface area contributed by atoms with Crippen LogP contribution in [0.1, 0.15) is 44.6 Å². The SMILES string of the molecule is CCNC(=NCc1nnc2ccccn12)NCCc1ccc(C(C)(C)C)cc1.I. The Morgan fingerprint density at radius 2 is 1.79 bits per heavy atom. The van der Waals surface area contributed by atoms with Gasteiger partial charge in [-0.15, -0.1) is 34.2 Å². The summed E-state index contributed by atoms with van der Waals surface area (Å²) in [5, 5.41) is 15.1. The predicted octanol–water partition coefficient (Wildman–Crippen LogP) is 3.94. The number of hydrogen-bond donors (Lipinski definition) is 2. The maximum atomic E-state index is 4.65. The molecule has 0 atom stereocenters. The highest BCUT2D eigenvalue weighted by Crippen LogP contribution is 2.22. The van der Waals surface area contributed by atoms with Gasteiger partial charge in [-0.2, -0.15) is 0 Å². The summed E-state index contributed by atoms with van der Waals surface area (Å²) in [6.07, 6.45) is 2.91. The molecule has 156 valence electrons. The van der Waals surface area contributed by atoms with Gasteiger partial charge in [0.15, 0.2) is 17.4 Å². The van der Waals surface area contributed by atoms with Crippen molar-refractivity contribution in [1.29, 1.82) is 0 Å². The second-order valence-electron chi connectivity index (χ2n) is 7.86. The van der Waals surface area contributed by atoms with Gasteiger partial charge >= 0.3 is 0 Å². The van der Waals surface area contributed by atoms with Crippen LogP contribution in [0.4, 0.5) is 0 Å². The number of fused-ring (bicyclic) bond motifs is 1. The van der Waals surface area contributed by atoms with Gasteiger partial charge in [0.2, 0.25) is 0 Å². The molecule has 29 heavy (non-hydrogen) atoms. The summed E-state index contributed by atoms with van der Waals surface area (Å²) >= 11 is 0. The lowest BCUT2D eigenvalue weighted by atomic mass is 9.86. The van der Waals surface area contributed by atoms with Gasteiger partial charge in [-0.1, -0.05) is 51.1 Å². The molecule has 0 saturated carbocycles. The second-order valence-corrected chi connectivity index (χ2v) is 7.86. The summed E-state index contributed by atoms with van der Waals surface area (Å²) in [6.45, 7) is 10.9. The monoisotopic (exact) mass is 506 g/mol. The van der Waals surface area contributed by atoms with Crippen LogP contribution in [0.15, 0.2) is 53.7 Å². The van der Waals surface area contributed by atoms with E-state index in [4.69, 9.17) is 0 Å². The van der Waals surface area contributed by atoms with Crippen molar-refractivity contribution in [2.45, 2.75) is 46.1 Å². The Hall–Kier alpha value is -2.16. The topological polar surface area (TPSA) is 66.6 Å². The molecule has 0 unspecified atom stereocenters. The number of hydrogen-bond acceptors (Lipinski definition) is 3. The minimum absolute atomic E-state index is 0. The van der Waals surface area contributed by atoms with Gasteiger partial charge in [0.05, 0.1) is 0 Å². The Balaban J connectivity index is 0.00000300. The van der Waals surface area contributed by atoms with Crippen LogP contribution in [0.5, 0.6) is 0 Å². The molecular weight excluding hydrogens is 475 g/mol. The largest absolute Gasteiger partial charge is 0.357 e. The van der Waals surface area contributed by atoms with E-state index >= 15 is 0 Å². The average Bonchev–Trinajstić information content (AvgIpc) is 3.09. The van der Waals surface area contributed by atoms with Crippen molar-refractivity contribution >= 4 is 35.6 Å². The van der Waals surface area contributed by atoms with Crippen molar-refractivity contribution in [2.75, 3.05) is 13.1 Å². The van der Waals surface area contributed by atoms with Crippen LogP contribution in [0.3, 0.4) is 0 Å². The smallest absolute Gasteiger partial charge is 0.191 e. The molecule has 3 aromatic rings. The number of aliphatic imine (C=N–C) groups is 1. The summed E-state index contributed by atoms with van der Waals surface area (Å²) < 4.78 is 1.96. The van der Waals surface area contributed by atoms with E-state index in [-0.39, 0.29) is 29.4 Å². The molecule has 2 heterocycles. The maximum Gasteiger partial charge on any atom is 0.191 e. The number of pyridine rings is 1. The molecule has 0 saturated heterocycles. The van der Waals surface area contributed by atoms with Crippen molar-refractivity contribution < 1.29 is 0 Å². The molecule has 0 aliphatic rings. The average molecular weight is 506 g/mol. The number of benzene rings is 1. The van der Waals surface area contributed by atoms with Gasteiger partial charge in [0.1, 0.15) is 6.54 Å². The van der Waals surface area contributed by atoms with Gasteiger partial charge < -0.3 is 10.6 Å². The van der Waals surface area contributed by atoms with E-state index < -0.39 is 0 Å². The lowest BCUT2D eigenvalue weighted by Gasteiger charge is -2.19. The Kier molecular flexibility index (Phi) is 8.43. The van der Waals surface area contributed by atoms with Crippen LogP contribution in [0.25, 0.3) is 5.65 Å². The normalized spacial score (nSPS) is 11.9. The summed E-state index contributed by atoms with van der Waals surface area (Å²) in [6, 6.07) is 14.8. The van der Waals surface area contributed by atoms with Crippen LogP contribution in [-0.4, -0.2) is 33.6 Å². The van der Waals surface area contributed by atoms with Gasteiger partial charge in [0.25, 0.3) is 0 Å². The first-order valence-electron chi connectivity index (χ1n) is 9.87. The molecular formula is C22H31IN6. The van der Waals surface area contributed by atoms with Gasteiger partial charge in [-0.3, -0.25) is 4.40 Å². The molecule has 7 heteroatoms. The molecule has 2 aromatic heterocycles. The molecule has 1 aromatic carbocycles. The van der Waals surface area contributed by atoms with E-state index in [9.17, 15) is 0 Å². The predicted molar refractivity (Wildman–Crippen MR) is 130 cm³/mol. The van der Waals surface area contributed by atoms with Gasteiger partial charge in [-0.05, 0) is 42.0 Å². The third-order valence-corrected chi connectivity index (χ3v) is 4.63. The van der Waals surface area contributed by atoms with Crippen molar-refractivity contribution in [3.8, 4) is 0 Å². The summed E-state index contributed by atoms with van der Waals surface area (Å²) in [5.74, 6) is 1.62. The van der Waals surface area contributed by atoms with Crippen LogP contribution < -0.4 is 10.6 Å². The third kappa shape index (κ3) is 6.42. The zero-order chi connectivity index (χ0) is 20.0. The van der Waals surface area contributed by atoms with E-state index in [0.717, 1.165) is 36.9 Å². The number of halogens is 1. The number of guanidine groups is 1. The van der Waals surface area contributed by atoms with Crippen LogP contribution in [0.2, 0.25) is 0 Å². The zero-order valence-corrected chi connectivity index (χ0v) is 20.0. The first-order chi connectivity index (χ1) is 13.5. The van der Waals surface area contributed by atoms with E-state index in [1.54, 1.807) is 0 Å².